The fraction of sp³-hybridized carbons (Fsp3) is 0.417. The summed E-state index contributed by atoms with van der Waals surface area (Å²) in [4.78, 5) is 11.5. The van der Waals surface area contributed by atoms with Crippen LogP contribution in [-0.2, 0) is 9.53 Å². The Morgan fingerprint density at radius 3 is 1.90 bits per heavy atom. The lowest BCUT2D eigenvalue weighted by atomic mass is 10.2. The van der Waals surface area contributed by atoms with E-state index in [9.17, 15) is 58.3 Å². The highest BCUT2D eigenvalue weighted by Crippen LogP contribution is 2.51. The van der Waals surface area contributed by atoms with Gasteiger partial charge < -0.3 is 10.5 Å². The molecule has 0 saturated carbocycles. The maximum Gasteiger partial charge on any atom is 0.462 e. The van der Waals surface area contributed by atoms with E-state index in [0.717, 1.165) is 17.4 Å². The van der Waals surface area contributed by atoms with Crippen LogP contribution < -0.4 is 10.5 Å². The fourth-order valence-electron chi connectivity index (χ4n) is 1.58. The van der Waals surface area contributed by atoms with E-state index in [1.54, 1.807) is 0 Å². The number of amides is 1. The third-order valence-electron chi connectivity index (χ3n) is 3.01. The summed E-state index contributed by atoms with van der Waals surface area (Å²) in [7, 11) is 0. The van der Waals surface area contributed by atoms with Crippen LogP contribution in [0.4, 0.5) is 59.7 Å². The number of nitrogens with one attached hydrogen (secondary N) is 2. The Kier molecular flexibility index (Phi) is 6.45. The first-order chi connectivity index (χ1) is 12.8. The number of alkyl halides is 11. The Morgan fingerprint density at radius 2 is 1.48 bits per heavy atom. The van der Waals surface area contributed by atoms with E-state index in [1.165, 1.54) is 0 Å². The quantitative estimate of drug-likeness (QED) is 0.458. The predicted octanol–water partition coefficient (Wildman–Crippen LogP) is 3.06. The Labute approximate surface area is 152 Å². The number of carbonyl (C=O) groups excluding carboxylic acids is 1. The first kappa shape index (κ1) is 24.8. The minimum atomic E-state index is -7.31. The van der Waals surface area contributed by atoms with Gasteiger partial charge in [-0.2, -0.15) is 53.5 Å². The monoisotopic (exact) mass is 452 g/mol. The summed E-state index contributed by atoms with van der Waals surface area (Å²) in [5.41, 5.74) is -1.66. The molecule has 17 heteroatoms. The predicted molar refractivity (Wildman–Crippen MR) is 67.8 cm³/mol. The molecule has 0 heterocycles. The molecule has 166 valence electrons. The molecule has 0 aromatic heterocycles. The molecule has 1 unspecified atom stereocenters. The lowest BCUT2D eigenvalue weighted by Crippen LogP contribution is -2.99. The molecule has 1 aromatic rings. The van der Waals surface area contributed by atoms with Gasteiger partial charge in [-0.1, -0.05) is 6.07 Å². The van der Waals surface area contributed by atoms with Crippen molar-refractivity contribution in [1.29, 1.82) is 0 Å². The summed E-state index contributed by atoms with van der Waals surface area (Å²) in [6.07, 6.45) is -21.2. The molecule has 0 saturated heterocycles. The number of anilines is 1. The molecule has 29 heavy (non-hydrogen) atoms. The van der Waals surface area contributed by atoms with Crippen molar-refractivity contribution in [2.24, 2.45) is 0 Å². The largest absolute Gasteiger partial charge is 0.595 e. The van der Waals surface area contributed by atoms with Crippen molar-refractivity contribution in [3.8, 4) is 0 Å². The zero-order chi connectivity index (χ0) is 23.1. The van der Waals surface area contributed by atoms with Gasteiger partial charge in [0.05, 0.1) is 0 Å². The standard InChI is InChI=1S/C12H7F11N2O4/c13-8(10(16,17)18,29-12(22,23)9(14,15)11(19,20)21)7(26)24-5-2-1-3-6(4-5)25(27)28/h1-4,25,27H,(H,24,26)/t8-/m0/s1. The first-order valence-electron chi connectivity index (χ1n) is 6.69. The highest BCUT2D eigenvalue weighted by molar-refractivity contribution is 5.97. The topological polar surface area (TPSA) is 86.1 Å². The second kappa shape index (κ2) is 7.54. The maximum atomic E-state index is 14.0. The second-order valence-electron chi connectivity index (χ2n) is 5.12. The maximum absolute atomic E-state index is 14.0. The Balaban J connectivity index is 3.32. The lowest BCUT2D eigenvalue weighted by molar-refractivity contribution is -0.991. The third kappa shape index (κ3) is 4.85. The summed E-state index contributed by atoms with van der Waals surface area (Å²) in [5, 5.41) is 18.6. The summed E-state index contributed by atoms with van der Waals surface area (Å²) >= 11 is 0. The number of hydrogen-bond acceptors (Lipinski definition) is 4. The number of benzene rings is 1. The van der Waals surface area contributed by atoms with Crippen molar-refractivity contribution >= 4 is 17.3 Å². The molecule has 0 aliphatic heterocycles. The van der Waals surface area contributed by atoms with E-state index < -0.39 is 52.7 Å². The van der Waals surface area contributed by atoms with Crippen LogP contribution in [-0.4, -0.2) is 41.4 Å². The highest BCUT2D eigenvalue weighted by Gasteiger charge is 2.79. The first-order valence-corrected chi connectivity index (χ1v) is 6.69. The lowest BCUT2D eigenvalue weighted by Gasteiger charge is -2.34. The van der Waals surface area contributed by atoms with E-state index in [0.29, 0.717) is 12.1 Å². The van der Waals surface area contributed by atoms with Crippen molar-refractivity contribution < 1.29 is 68.3 Å². The van der Waals surface area contributed by atoms with Gasteiger partial charge >= 0.3 is 30.2 Å². The van der Waals surface area contributed by atoms with Crippen LogP contribution in [0.1, 0.15) is 0 Å². The summed E-state index contributed by atoms with van der Waals surface area (Å²) in [6, 6.07) is 2.65. The number of rotatable bonds is 6. The molecule has 6 nitrogen and oxygen atoms in total. The molecule has 3 N–H and O–H groups in total. The number of hydrogen-bond donors (Lipinski definition) is 3. The number of halogens is 11. The fourth-order valence-corrected chi connectivity index (χ4v) is 1.58. The molecule has 0 aliphatic rings. The number of quaternary nitrogens is 1. The Hall–Kier alpha value is -2.24. The van der Waals surface area contributed by atoms with Gasteiger partial charge in [-0.15, -0.1) is 0 Å². The molecular formula is C12H7F11N2O4. The molecule has 2 atom stereocenters. The number of carbonyl (C=O) groups is 1. The SMILES string of the molecule is O=C(Nc1cccc([NH+]([O-])O)c1)[C@](F)(OC(F)(F)C(F)(F)C(F)(F)F)C(F)(F)F. The molecule has 0 spiro atoms. The van der Waals surface area contributed by atoms with Gasteiger partial charge in [-0.05, 0) is 6.07 Å². The smallest absolute Gasteiger partial charge is 0.462 e. The molecule has 0 bridgehead atoms. The van der Waals surface area contributed by atoms with E-state index >= 15 is 0 Å². The molecule has 1 aromatic carbocycles. The van der Waals surface area contributed by atoms with Crippen LogP contribution in [0.25, 0.3) is 0 Å². The average Bonchev–Trinajstić information content (AvgIpc) is 2.52. The van der Waals surface area contributed by atoms with Crippen LogP contribution in [0.5, 0.6) is 0 Å². The van der Waals surface area contributed by atoms with E-state index in [2.05, 4.69) is 4.74 Å². The van der Waals surface area contributed by atoms with Crippen LogP contribution in [0.3, 0.4) is 0 Å². The van der Waals surface area contributed by atoms with Gasteiger partial charge in [0.25, 0.3) is 5.91 Å². The van der Waals surface area contributed by atoms with Crippen LogP contribution in [0, 0.1) is 5.21 Å². The number of ether oxygens (including phenoxy) is 1. The van der Waals surface area contributed by atoms with Gasteiger partial charge in [0, 0.05) is 17.8 Å². The minimum absolute atomic E-state index is 0.402. The summed E-state index contributed by atoms with van der Waals surface area (Å²) in [5.74, 6) is -17.0. The van der Waals surface area contributed by atoms with Gasteiger partial charge in [-0.25, -0.2) is 5.21 Å². The molecular weight excluding hydrogens is 445 g/mol. The molecule has 1 amide bonds. The van der Waals surface area contributed by atoms with Crippen LogP contribution >= 0.6 is 0 Å². The van der Waals surface area contributed by atoms with Crippen molar-refractivity contribution in [2.45, 2.75) is 30.2 Å². The summed E-state index contributed by atoms with van der Waals surface area (Å²) in [6.45, 7) is 0. The molecule has 0 aliphatic carbocycles. The zero-order valence-electron chi connectivity index (χ0n) is 13.1. The van der Waals surface area contributed by atoms with Crippen molar-refractivity contribution in [2.75, 3.05) is 5.32 Å². The third-order valence-corrected chi connectivity index (χ3v) is 3.01. The Bertz CT molecular complexity index is 750. The van der Waals surface area contributed by atoms with Crippen molar-refractivity contribution in [3.05, 3.63) is 29.5 Å². The highest BCUT2D eigenvalue weighted by atomic mass is 19.4. The van der Waals surface area contributed by atoms with Gasteiger partial charge in [0.15, 0.2) is 5.69 Å². The van der Waals surface area contributed by atoms with Gasteiger partial charge in [0.1, 0.15) is 0 Å². The Morgan fingerprint density at radius 1 is 0.966 bits per heavy atom. The molecule has 1 rings (SSSR count). The van der Waals surface area contributed by atoms with E-state index in [-0.39, 0.29) is 0 Å². The molecule has 0 radical (unpaired) electrons. The van der Waals surface area contributed by atoms with Crippen LogP contribution in [0.15, 0.2) is 24.3 Å². The van der Waals surface area contributed by atoms with Gasteiger partial charge in [-0.3, -0.25) is 9.53 Å². The second-order valence-corrected chi connectivity index (χ2v) is 5.12. The van der Waals surface area contributed by atoms with Gasteiger partial charge in [0.2, 0.25) is 0 Å². The minimum Gasteiger partial charge on any atom is -0.595 e. The molecule has 0 fully saturated rings. The van der Waals surface area contributed by atoms with E-state index in [4.69, 9.17) is 5.21 Å². The van der Waals surface area contributed by atoms with E-state index in [1.807, 2.05) is 0 Å². The average molecular weight is 452 g/mol. The normalized spacial score (nSPS) is 16.9. The summed E-state index contributed by atoms with van der Waals surface area (Å²) < 4.78 is 142. The van der Waals surface area contributed by atoms with Crippen molar-refractivity contribution in [3.63, 3.8) is 0 Å². The zero-order valence-corrected chi connectivity index (χ0v) is 13.1. The van der Waals surface area contributed by atoms with Crippen LogP contribution in [0.2, 0.25) is 0 Å². The van der Waals surface area contributed by atoms with Crippen molar-refractivity contribution in [1.82, 2.24) is 0 Å².